The molecule has 2 saturated heterocycles. The first kappa shape index (κ1) is 18.1. The van der Waals surface area contributed by atoms with Crippen LogP contribution in [0.2, 0.25) is 0 Å². The fraction of sp³-hybridized carbons (Fsp3) is 0.684. The number of carbonyl (C=O) groups excluding carboxylic acids is 1. The van der Waals surface area contributed by atoms with Crippen molar-refractivity contribution < 1.29 is 14.3 Å². The normalized spacial score (nSPS) is 22.5. The lowest BCUT2D eigenvalue weighted by Crippen LogP contribution is -2.47. The molecule has 6 heteroatoms. The van der Waals surface area contributed by atoms with Crippen LogP contribution in [-0.2, 0) is 4.74 Å². The number of aromatic nitrogens is 1. The van der Waals surface area contributed by atoms with Gasteiger partial charge in [0.15, 0.2) is 0 Å². The van der Waals surface area contributed by atoms with Gasteiger partial charge in [-0.15, -0.1) is 0 Å². The van der Waals surface area contributed by atoms with Crippen LogP contribution in [-0.4, -0.2) is 61.3 Å². The molecule has 6 nitrogen and oxygen atoms in total. The van der Waals surface area contributed by atoms with Crippen molar-refractivity contribution in [1.82, 2.24) is 15.2 Å². The zero-order valence-electron chi connectivity index (χ0n) is 15.1. The van der Waals surface area contributed by atoms with Gasteiger partial charge in [0, 0.05) is 38.5 Å². The van der Waals surface area contributed by atoms with Crippen LogP contribution >= 0.6 is 0 Å². The lowest BCUT2D eigenvalue weighted by molar-refractivity contribution is 0.0179. The lowest BCUT2D eigenvalue weighted by Gasteiger charge is -2.40. The van der Waals surface area contributed by atoms with E-state index in [9.17, 15) is 4.79 Å². The number of hydrogen-bond acceptors (Lipinski definition) is 5. The van der Waals surface area contributed by atoms with E-state index in [-0.39, 0.29) is 5.91 Å². The molecule has 0 radical (unpaired) electrons. The van der Waals surface area contributed by atoms with Crippen LogP contribution in [0.5, 0.6) is 5.88 Å². The van der Waals surface area contributed by atoms with Crippen LogP contribution in [0.15, 0.2) is 18.3 Å². The van der Waals surface area contributed by atoms with Gasteiger partial charge in [-0.25, -0.2) is 4.98 Å². The van der Waals surface area contributed by atoms with Crippen LogP contribution in [0.4, 0.5) is 0 Å². The van der Waals surface area contributed by atoms with Crippen LogP contribution in [0.1, 0.15) is 43.0 Å². The average Bonchev–Trinajstić information content (AvgIpc) is 2.68. The number of amides is 1. The molecular formula is C19H29N3O3. The molecule has 0 bridgehead atoms. The highest BCUT2D eigenvalue weighted by atomic mass is 16.5. The Morgan fingerprint density at radius 1 is 1.40 bits per heavy atom. The smallest absolute Gasteiger partial charge is 0.256 e. The minimum Gasteiger partial charge on any atom is -0.477 e. The first-order valence-corrected chi connectivity index (χ1v) is 9.45. The molecule has 1 amide bonds. The molecule has 0 aliphatic carbocycles. The number of hydrogen-bond donors (Lipinski definition) is 1. The van der Waals surface area contributed by atoms with E-state index in [1.807, 2.05) is 6.92 Å². The molecule has 2 aliphatic heterocycles. The molecule has 1 atom stereocenters. The van der Waals surface area contributed by atoms with E-state index in [4.69, 9.17) is 9.47 Å². The van der Waals surface area contributed by atoms with E-state index in [0.717, 1.165) is 32.6 Å². The van der Waals surface area contributed by atoms with E-state index in [0.29, 0.717) is 36.6 Å². The summed E-state index contributed by atoms with van der Waals surface area (Å²) in [6.45, 7) is 7.10. The maximum Gasteiger partial charge on any atom is 0.256 e. The van der Waals surface area contributed by atoms with Crippen molar-refractivity contribution in [3.8, 4) is 5.88 Å². The first-order chi connectivity index (χ1) is 12.3. The van der Waals surface area contributed by atoms with Gasteiger partial charge in [-0.05, 0) is 57.2 Å². The fourth-order valence-electron chi connectivity index (χ4n) is 3.79. The van der Waals surface area contributed by atoms with Gasteiger partial charge in [0.2, 0.25) is 5.88 Å². The molecule has 1 aromatic heterocycles. The van der Waals surface area contributed by atoms with Crippen molar-refractivity contribution in [3.63, 3.8) is 0 Å². The summed E-state index contributed by atoms with van der Waals surface area (Å²) in [6, 6.07) is 4.18. The minimum absolute atomic E-state index is 0.0975. The van der Waals surface area contributed by atoms with Crippen LogP contribution < -0.4 is 10.1 Å². The Morgan fingerprint density at radius 2 is 2.24 bits per heavy atom. The first-order valence-electron chi connectivity index (χ1n) is 9.45. The summed E-state index contributed by atoms with van der Waals surface area (Å²) >= 11 is 0. The third-order valence-corrected chi connectivity index (χ3v) is 5.11. The Bertz CT molecular complexity index is 561. The predicted octanol–water partition coefficient (Wildman–Crippen LogP) is 2.10. The molecule has 1 aromatic rings. The van der Waals surface area contributed by atoms with E-state index in [1.165, 1.54) is 19.4 Å². The molecular weight excluding hydrogens is 318 g/mol. The van der Waals surface area contributed by atoms with E-state index < -0.39 is 0 Å². The Morgan fingerprint density at radius 3 is 3.04 bits per heavy atom. The van der Waals surface area contributed by atoms with Crippen molar-refractivity contribution in [2.45, 2.75) is 38.6 Å². The molecule has 25 heavy (non-hydrogen) atoms. The van der Waals surface area contributed by atoms with Crippen molar-refractivity contribution in [1.29, 1.82) is 0 Å². The number of nitrogens with one attached hydrogen (secondary N) is 1. The van der Waals surface area contributed by atoms with Crippen molar-refractivity contribution in [2.75, 3.05) is 39.5 Å². The second-order valence-electron chi connectivity index (χ2n) is 6.85. The summed E-state index contributed by atoms with van der Waals surface area (Å²) in [5.74, 6) is 0.822. The quantitative estimate of drug-likeness (QED) is 0.854. The van der Waals surface area contributed by atoms with Crippen molar-refractivity contribution in [2.24, 2.45) is 5.92 Å². The fourth-order valence-corrected chi connectivity index (χ4v) is 3.79. The van der Waals surface area contributed by atoms with Gasteiger partial charge in [-0.1, -0.05) is 0 Å². The number of ether oxygens (including phenoxy) is 2. The third-order valence-electron chi connectivity index (χ3n) is 5.11. The molecule has 2 fully saturated rings. The van der Waals surface area contributed by atoms with Gasteiger partial charge < -0.3 is 14.8 Å². The number of likely N-dealkylation sites (tertiary alicyclic amines) is 1. The van der Waals surface area contributed by atoms with E-state index >= 15 is 0 Å². The minimum atomic E-state index is -0.0975. The lowest BCUT2D eigenvalue weighted by atomic mass is 9.94. The largest absolute Gasteiger partial charge is 0.477 e. The highest BCUT2D eigenvalue weighted by Crippen LogP contribution is 2.23. The molecule has 0 saturated carbocycles. The molecule has 1 unspecified atom stereocenters. The highest BCUT2D eigenvalue weighted by molar-refractivity contribution is 5.96. The molecule has 0 spiro atoms. The molecule has 3 rings (SSSR count). The molecule has 1 N–H and O–H groups in total. The van der Waals surface area contributed by atoms with Crippen LogP contribution in [0, 0.1) is 5.92 Å². The highest BCUT2D eigenvalue weighted by Gasteiger charge is 2.27. The molecule has 138 valence electrons. The maximum absolute atomic E-state index is 12.5. The Balaban J connectivity index is 1.51. The van der Waals surface area contributed by atoms with Gasteiger partial charge in [-0.2, -0.15) is 0 Å². The summed E-state index contributed by atoms with van der Waals surface area (Å²) in [5, 5.41) is 3.08. The van der Waals surface area contributed by atoms with E-state index in [1.54, 1.807) is 18.3 Å². The Hall–Kier alpha value is -1.66. The number of nitrogens with zero attached hydrogens (tertiary/aromatic N) is 2. The molecule has 2 aliphatic rings. The molecule has 3 heterocycles. The zero-order chi connectivity index (χ0) is 17.5. The summed E-state index contributed by atoms with van der Waals surface area (Å²) in [7, 11) is 0. The van der Waals surface area contributed by atoms with Gasteiger partial charge in [0.1, 0.15) is 5.56 Å². The monoisotopic (exact) mass is 347 g/mol. The van der Waals surface area contributed by atoms with Crippen LogP contribution in [0.25, 0.3) is 0 Å². The molecule has 0 aromatic carbocycles. The average molecular weight is 347 g/mol. The summed E-state index contributed by atoms with van der Waals surface area (Å²) in [4.78, 5) is 19.3. The second kappa shape index (κ2) is 9.15. The number of piperidine rings is 1. The summed E-state index contributed by atoms with van der Waals surface area (Å²) < 4.78 is 10.9. The van der Waals surface area contributed by atoms with Crippen molar-refractivity contribution in [3.05, 3.63) is 23.9 Å². The second-order valence-corrected chi connectivity index (χ2v) is 6.85. The third kappa shape index (κ3) is 4.92. The van der Waals surface area contributed by atoms with E-state index in [2.05, 4.69) is 15.2 Å². The Kier molecular flexibility index (Phi) is 6.64. The number of rotatable bonds is 6. The topological polar surface area (TPSA) is 63.7 Å². The van der Waals surface area contributed by atoms with Gasteiger partial charge in [-0.3, -0.25) is 9.69 Å². The summed E-state index contributed by atoms with van der Waals surface area (Å²) in [5.41, 5.74) is 0.515. The van der Waals surface area contributed by atoms with Gasteiger partial charge in [0.05, 0.1) is 6.61 Å². The maximum atomic E-state index is 12.5. The van der Waals surface area contributed by atoms with Gasteiger partial charge in [0.25, 0.3) is 5.91 Å². The Labute approximate surface area is 149 Å². The van der Waals surface area contributed by atoms with Gasteiger partial charge >= 0.3 is 0 Å². The van der Waals surface area contributed by atoms with Crippen LogP contribution in [0.3, 0.4) is 0 Å². The summed E-state index contributed by atoms with van der Waals surface area (Å²) in [6.07, 6.45) is 6.29. The number of pyridine rings is 1. The SMILES string of the molecule is CCOc1ncccc1C(=O)NCC1CCCN(C2CCOCC2)C1. The standard InChI is InChI=1S/C19H29N3O3/c1-2-25-19-17(6-3-9-20-19)18(23)21-13-15-5-4-10-22(14-15)16-7-11-24-12-8-16/h3,6,9,15-16H,2,4-5,7-8,10-14H2,1H3,(H,21,23). The predicted molar refractivity (Wildman–Crippen MR) is 95.9 cm³/mol. The number of carbonyl (C=O) groups is 1. The zero-order valence-corrected chi connectivity index (χ0v) is 15.1. The van der Waals surface area contributed by atoms with Crippen molar-refractivity contribution >= 4 is 5.91 Å².